The second-order valence-corrected chi connectivity index (χ2v) is 5.26. The van der Waals surface area contributed by atoms with E-state index in [9.17, 15) is 4.79 Å². The average Bonchev–Trinajstić information content (AvgIpc) is 2.91. The van der Waals surface area contributed by atoms with Crippen LogP contribution >= 0.6 is 12.4 Å². The normalized spacial score (nSPS) is 14.2. The summed E-state index contributed by atoms with van der Waals surface area (Å²) in [6, 6.07) is 17.6. The van der Waals surface area contributed by atoms with Gasteiger partial charge < -0.3 is 10.6 Å². The second-order valence-electron chi connectivity index (χ2n) is 5.26. The van der Waals surface area contributed by atoms with Gasteiger partial charge in [0.1, 0.15) is 0 Å². The van der Waals surface area contributed by atoms with Crippen LogP contribution in [0.2, 0.25) is 0 Å². The van der Waals surface area contributed by atoms with Crippen LogP contribution in [0.5, 0.6) is 0 Å². The fourth-order valence-corrected chi connectivity index (χ4v) is 2.68. The summed E-state index contributed by atoms with van der Waals surface area (Å²) in [5.41, 5.74) is 9.63. The van der Waals surface area contributed by atoms with Crippen LogP contribution in [0.15, 0.2) is 54.6 Å². The van der Waals surface area contributed by atoms with Crippen molar-refractivity contribution in [3.63, 3.8) is 0 Å². The molecular weight excluding hydrogens is 284 g/mol. The molecule has 0 saturated heterocycles. The van der Waals surface area contributed by atoms with Crippen LogP contribution < -0.4 is 5.73 Å². The molecule has 110 valence electrons. The van der Waals surface area contributed by atoms with Crippen molar-refractivity contribution in [3.8, 4) is 0 Å². The summed E-state index contributed by atoms with van der Waals surface area (Å²) < 4.78 is 0. The highest BCUT2D eigenvalue weighted by Crippen LogP contribution is 2.22. The molecule has 3 rings (SSSR count). The summed E-state index contributed by atoms with van der Waals surface area (Å²) in [5.74, 6) is 0.0325. The van der Waals surface area contributed by atoms with Crippen LogP contribution in [0.1, 0.15) is 16.7 Å². The van der Waals surface area contributed by atoms with E-state index in [-0.39, 0.29) is 18.3 Å². The van der Waals surface area contributed by atoms with Crippen molar-refractivity contribution < 1.29 is 4.79 Å². The molecular formula is C17H19ClN2O. The van der Waals surface area contributed by atoms with Crippen molar-refractivity contribution in [1.29, 1.82) is 0 Å². The molecule has 0 aromatic heterocycles. The van der Waals surface area contributed by atoms with Gasteiger partial charge in [0.2, 0.25) is 5.91 Å². The first-order valence-corrected chi connectivity index (χ1v) is 6.89. The molecule has 1 amide bonds. The Morgan fingerprint density at radius 1 is 1.00 bits per heavy atom. The molecule has 0 saturated carbocycles. The molecule has 0 unspecified atom stereocenters. The van der Waals surface area contributed by atoms with Crippen molar-refractivity contribution in [1.82, 2.24) is 4.90 Å². The van der Waals surface area contributed by atoms with E-state index in [1.807, 2.05) is 47.4 Å². The molecule has 0 radical (unpaired) electrons. The Hall–Kier alpha value is -1.84. The van der Waals surface area contributed by atoms with Gasteiger partial charge in [-0.1, -0.05) is 54.6 Å². The zero-order valence-electron chi connectivity index (χ0n) is 11.7. The molecule has 0 bridgehead atoms. The van der Waals surface area contributed by atoms with Crippen LogP contribution in [0.3, 0.4) is 0 Å². The van der Waals surface area contributed by atoms with E-state index in [1.54, 1.807) is 0 Å². The first kappa shape index (κ1) is 15.5. The third-order valence-corrected chi connectivity index (χ3v) is 3.77. The predicted molar refractivity (Wildman–Crippen MR) is 86.1 cm³/mol. The minimum absolute atomic E-state index is 0. The number of carbonyl (C=O) groups is 1. The van der Waals surface area contributed by atoms with E-state index in [0.717, 1.165) is 5.56 Å². The van der Waals surface area contributed by atoms with Crippen LogP contribution in [0, 0.1) is 0 Å². The number of fused-ring (bicyclic) bond motifs is 1. The zero-order chi connectivity index (χ0) is 13.9. The Balaban J connectivity index is 0.00000161. The maximum absolute atomic E-state index is 12.4. The molecule has 2 N–H and O–H groups in total. The maximum Gasteiger partial charge on any atom is 0.240 e. The Labute approximate surface area is 131 Å². The number of carbonyl (C=O) groups excluding carboxylic acids is 1. The summed E-state index contributed by atoms with van der Waals surface area (Å²) in [6.45, 7) is 1.36. The van der Waals surface area contributed by atoms with Crippen molar-refractivity contribution >= 4 is 18.3 Å². The van der Waals surface area contributed by atoms with Gasteiger partial charge in [0, 0.05) is 13.1 Å². The van der Waals surface area contributed by atoms with Gasteiger partial charge in [-0.3, -0.25) is 4.79 Å². The lowest BCUT2D eigenvalue weighted by Gasteiger charge is -2.20. The van der Waals surface area contributed by atoms with Crippen molar-refractivity contribution in [2.24, 2.45) is 5.73 Å². The van der Waals surface area contributed by atoms with Gasteiger partial charge in [-0.25, -0.2) is 0 Å². The first-order chi connectivity index (χ1) is 9.74. The first-order valence-electron chi connectivity index (χ1n) is 6.89. The monoisotopic (exact) mass is 302 g/mol. The highest BCUT2D eigenvalue weighted by Gasteiger charge is 2.26. The zero-order valence-corrected chi connectivity index (χ0v) is 12.6. The second kappa shape index (κ2) is 6.74. The summed E-state index contributed by atoms with van der Waals surface area (Å²) >= 11 is 0. The number of benzene rings is 2. The fourth-order valence-electron chi connectivity index (χ4n) is 2.68. The predicted octanol–water partition coefficient (Wildman–Crippen LogP) is 2.52. The smallest absolute Gasteiger partial charge is 0.240 e. The van der Waals surface area contributed by atoms with Crippen LogP contribution in [0.4, 0.5) is 0 Å². The number of halogens is 1. The lowest BCUT2D eigenvalue weighted by Crippen LogP contribution is -2.42. The molecule has 0 spiro atoms. The fraction of sp³-hybridized carbons (Fsp3) is 0.235. The summed E-state index contributed by atoms with van der Waals surface area (Å²) in [5, 5.41) is 0. The van der Waals surface area contributed by atoms with E-state index in [0.29, 0.717) is 19.5 Å². The van der Waals surface area contributed by atoms with Crippen LogP contribution in [-0.4, -0.2) is 16.8 Å². The van der Waals surface area contributed by atoms with Crippen molar-refractivity contribution in [2.45, 2.75) is 25.6 Å². The van der Waals surface area contributed by atoms with E-state index in [2.05, 4.69) is 12.1 Å². The average molecular weight is 303 g/mol. The maximum atomic E-state index is 12.4. The topological polar surface area (TPSA) is 46.3 Å². The molecule has 0 fully saturated rings. The lowest BCUT2D eigenvalue weighted by atomic mass is 10.1. The van der Waals surface area contributed by atoms with Gasteiger partial charge in [0.25, 0.3) is 0 Å². The number of hydrogen-bond donors (Lipinski definition) is 1. The third kappa shape index (κ3) is 3.43. The molecule has 2 aromatic rings. The lowest BCUT2D eigenvalue weighted by molar-refractivity contribution is -0.133. The molecule has 1 atom stereocenters. The molecule has 0 aliphatic carbocycles. The highest BCUT2D eigenvalue weighted by molar-refractivity contribution is 5.85. The van der Waals surface area contributed by atoms with Gasteiger partial charge in [0.05, 0.1) is 6.04 Å². The van der Waals surface area contributed by atoms with E-state index in [4.69, 9.17) is 5.73 Å². The Morgan fingerprint density at radius 3 is 2.10 bits per heavy atom. The number of nitrogens with zero attached hydrogens (tertiary/aromatic N) is 1. The van der Waals surface area contributed by atoms with Crippen molar-refractivity contribution in [3.05, 3.63) is 71.3 Å². The highest BCUT2D eigenvalue weighted by atomic mass is 35.5. The molecule has 4 heteroatoms. The van der Waals surface area contributed by atoms with Crippen LogP contribution in [-0.2, 0) is 24.3 Å². The standard InChI is InChI=1S/C17H18N2O.ClH/c18-16(10-13-6-2-1-3-7-13)17(20)19-11-14-8-4-5-9-15(14)12-19;/h1-9,16H,10-12,18H2;1H/t16-;/m1./s1. The summed E-state index contributed by atoms with van der Waals surface area (Å²) in [6.07, 6.45) is 0.590. The SMILES string of the molecule is Cl.N[C@H](Cc1ccccc1)C(=O)N1Cc2ccccc2C1. The van der Waals surface area contributed by atoms with E-state index in [1.165, 1.54) is 11.1 Å². The molecule has 21 heavy (non-hydrogen) atoms. The quantitative estimate of drug-likeness (QED) is 0.947. The minimum Gasteiger partial charge on any atom is -0.333 e. The van der Waals surface area contributed by atoms with E-state index < -0.39 is 6.04 Å². The summed E-state index contributed by atoms with van der Waals surface area (Å²) in [4.78, 5) is 14.3. The molecule has 1 heterocycles. The van der Waals surface area contributed by atoms with Gasteiger partial charge in [-0.15, -0.1) is 12.4 Å². The largest absolute Gasteiger partial charge is 0.333 e. The Bertz CT molecular complexity index is 590. The third-order valence-electron chi connectivity index (χ3n) is 3.77. The van der Waals surface area contributed by atoms with Gasteiger partial charge in [0.15, 0.2) is 0 Å². The number of rotatable bonds is 3. The van der Waals surface area contributed by atoms with Crippen LogP contribution in [0.25, 0.3) is 0 Å². The number of hydrogen-bond acceptors (Lipinski definition) is 2. The van der Waals surface area contributed by atoms with Gasteiger partial charge >= 0.3 is 0 Å². The Morgan fingerprint density at radius 2 is 1.52 bits per heavy atom. The molecule has 1 aliphatic heterocycles. The summed E-state index contributed by atoms with van der Waals surface area (Å²) in [7, 11) is 0. The molecule has 1 aliphatic rings. The van der Waals surface area contributed by atoms with Gasteiger partial charge in [-0.05, 0) is 23.1 Å². The van der Waals surface area contributed by atoms with E-state index >= 15 is 0 Å². The minimum atomic E-state index is -0.466. The van der Waals surface area contributed by atoms with Crippen molar-refractivity contribution in [2.75, 3.05) is 0 Å². The molecule has 2 aromatic carbocycles. The molecule has 3 nitrogen and oxygen atoms in total. The number of nitrogens with two attached hydrogens (primary N) is 1. The Kier molecular flexibility index (Phi) is 4.99. The number of amides is 1. The van der Waals surface area contributed by atoms with Gasteiger partial charge in [-0.2, -0.15) is 0 Å².